The van der Waals surface area contributed by atoms with Crippen LogP contribution in [0.1, 0.15) is 71.2 Å². The second kappa shape index (κ2) is 12.4. The maximum absolute atomic E-state index is 14.9. The lowest BCUT2D eigenvalue weighted by atomic mass is 10.1. The first-order valence-corrected chi connectivity index (χ1v) is 15.3. The molecule has 2 aromatic heterocycles. The number of imidazole rings is 1. The van der Waals surface area contributed by atoms with E-state index in [2.05, 4.69) is 25.9 Å². The van der Waals surface area contributed by atoms with Crippen LogP contribution in [0.3, 0.4) is 0 Å². The third-order valence-corrected chi connectivity index (χ3v) is 8.71. The minimum Gasteiger partial charge on any atom is -0.484 e. The summed E-state index contributed by atoms with van der Waals surface area (Å²) in [5, 5.41) is 19.0. The summed E-state index contributed by atoms with van der Waals surface area (Å²) in [7, 11) is 0. The molecule has 7 rings (SSSR count). The number of aromatic nitrogens is 4. The summed E-state index contributed by atoms with van der Waals surface area (Å²) in [6.45, 7) is 3.28. The van der Waals surface area contributed by atoms with Gasteiger partial charge < -0.3 is 23.9 Å². The van der Waals surface area contributed by atoms with Crippen molar-refractivity contribution in [3.8, 4) is 17.7 Å². The fraction of sp³-hybridized carbons (Fsp3) is 0.424. The van der Waals surface area contributed by atoms with Gasteiger partial charge in [-0.15, -0.1) is 0 Å². The third kappa shape index (κ3) is 6.45. The average molecular weight is 613 g/mol. The van der Waals surface area contributed by atoms with Crippen LogP contribution >= 0.6 is 0 Å². The van der Waals surface area contributed by atoms with Gasteiger partial charge in [0, 0.05) is 32.0 Å². The normalized spacial score (nSPS) is 18.8. The molecule has 0 unspecified atom stereocenters. The highest BCUT2D eigenvalue weighted by molar-refractivity contribution is 5.92. The number of piperidine rings is 1. The van der Waals surface area contributed by atoms with Gasteiger partial charge in [0.2, 0.25) is 5.88 Å². The van der Waals surface area contributed by atoms with Crippen LogP contribution in [-0.4, -0.2) is 67.4 Å². The van der Waals surface area contributed by atoms with Crippen molar-refractivity contribution >= 4 is 17.0 Å². The molecule has 3 fully saturated rings. The zero-order valence-electron chi connectivity index (χ0n) is 24.7. The maximum atomic E-state index is 14.9. The van der Waals surface area contributed by atoms with E-state index in [-0.39, 0.29) is 29.9 Å². The van der Waals surface area contributed by atoms with Crippen molar-refractivity contribution in [3.05, 3.63) is 76.8 Å². The average Bonchev–Trinajstić information content (AvgIpc) is 3.81. The number of nitriles is 1. The smallest absolute Gasteiger partial charge is 0.335 e. The van der Waals surface area contributed by atoms with Crippen LogP contribution in [0.5, 0.6) is 11.6 Å². The Kier molecular flexibility index (Phi) is 8.04. The van der Waals surface area contributed by atoms with E-state index >= 15 is 0 Å². The lowest BCUT2D eigenvalue weighted by Gasteiger charge is -2.32. The summed E-state index contributed by atoms with van der Waals surface area (Å²) in [6.07, 6.45) is 6.36. The molecule has 4 aromatic rings. The lowest BCUT2D eigenvalue weighted by molar-refractivity contribution is -0.0592. The minimum absolute atomic E-state index is 0.00116. The number of ether oxygens (including phenoxy) is 3. The lowest BCUT2D eigenvalue weighted by Crippen LogP contribution is -2.39. The molecule has 12 heteroatoms. The van der Waals surface area contributed by atoms with Crippen LogP contribution in [0.15, 0.2) is 42.6 Å². The molecule has 11 nitrogen and oxygen atoms in total. The first kappa shape index (κ1) is 29.1. The Morgan fingerprint density at radius 1 is 1.11 bits per heavy atom. The van der Waals surface area contributed by atoms with Gasteiger partial charge in [0.1, 0.15) is 35.9 Å². The second-order valence-corrected chi connectivity index (χ2v) is 11.9. The van der Waals surface area contributed by atoms with Gasteiger partial charge >= 0.3 is 5.97 Å². The Morgan fingerprint density at radius 3 is 2.64 bits per heavy atom. The van der Waals surface area contributed by atoms with Gasteiger partial charge in [0.25, 0.3) is 0 Å². The van der Waals surface area contributed by atoms with E-state index in [1.807, 2.05) is 22.8 Å². The predicted molar refractivity (Wildman–Crippen MR) is 159 cm³/mol. The van der Waals surface area contributed by atoms with E-state index in [1.165, 1.54) is 24.5 Å². The fourth-order valence-electron chi connectivity index (χ4n) is 5.95. The number of fused-ring (bicyclic) bond motifs is 1. The molecule has 0 amide bonds. The monoisotopic (exact) mass is 612 g/mol. The number of carboxylic acid groups (broad SMARTS) is 1. The van der Waals surface area contributed by atoms with Gasteiger partial charge in [-0.1, -0.05) is 6.07 Å². The van der Waals surface area contributed by atoms with E-state index < -0.39 is 11.8 Å². The number of hydrogen-bond donors (Lipinski definition) is 1. The zero-order valence-corrected chi connectivity index (χ0v) is 24.7. The number of aromatic carboxylic acids is 1. The number of hydrogen-bond acceptors (Lipinski definition) is 9. The highest BCUT2D eigenvalue weighted by Gasteiger charge is 2.27. The summed E-state index contributed by atoms with van der Waals surface area (Å²) in [4.78, 5) is 27.3. The number of carboxylic acids is 1. The molecule has 4 heterocycles. The number of rotatable bonds is 11. The van der Waals surface area contributed by atoms with Crippen molar-refractivity contribution in [2.75, 3.05) is 19.7 Å². The van der Waals surface area contributed by atoms with Gasteiger partial charge in [-0.3, -0.25) is 4.90 Å². The van der Waals surface area contributed by atoms with Crippen molar-refractivity contribution in [2.45, 2.75) is 69.9 Å². The molecule has 2 aliphatic heterocycles. The molecule has 0 spiro atoms. The number of carbonyl (C=O) groups is 1. The van der Waals surface area contributed by atoms with E-state index in [0.717, 1.165) is 38.4 Å². The molecule has 0 radical (unpaired) electrons. The van der Waals surface area contributed by atoms with E-state index in [4.69, 9.17) is 14.2 Å². The van der Waals surface area contributed by atoms with Gasteiger partial charge in [-0.05, 0) is 67.9 Å². The Bertz CT molecular complexity index is 1770. The maximum Gasteiger partial charge on any atom is 0.335 e. The molecule has 1 N–H and O–H groups in total. The Hall–Kier alpha value is -4.60. The quantitative estimate of drug-likeness (QED) is 0.251. The number of likely N-dealkylation sites (tertiary alicyclic amines) is 1. The first-order valence-electron chi connectivity index (χ1n) is 15.3. The Balaban J connectivity index is 0.969. The highest BCUT2D eigenvalue weighted by atomic mass is 19.1. The van der Waals surface area contributed by atoms with Crippen LogP contribution in [0, 0.1) is 17.1 Å². The standard InChI is InChI=1S/C33H33FN6O5/c34-26-14-22(33(41)42)15-27-32(26)38-30(40(27)17-25-8-12-43-25)18-39-10-6-24(7-11-39)45-31-5-9-36-29(37-31)19-44-28-4-3-21(20-1-2-20)13-23(28)16-35/h3-5,9,13-15,20,24-25H,1-2,6-8,10-12,17-19H2,(H,41,42)/t25-/m0/s1. The van der Waals surface area contributed by atoms with Crippen molar-refractivity contribution in [2.24, 2.45) is 0 Å². The topological polar surface area (TPSA) is 136 Å². The molecule has 0 bridgehead atoms. The summed E-state index contributed by atoms with van der Waals surface area (Å²) >= 11 is 0. The highest BCUT2D eigenvalue weighted by Crippen LogP contribution is 2.41. The molecular weight excluding hydrogens is 579 g/mol. The molecule has 3 aliphatic rings. The summed E-state index contributed by atoms with van der Waals surface area (Å²) in [6, 6.07) is 12.2. The number of benzene rings is 2. The Labute approximate surface area is 259 Å². The fourth-order valence-corrected chi connectivity index (χ4v) is 5.95. The van der Waals surface area contributed by atoms with Crippen LogP contribution in [0.25, 0.3) is 11.0 Å². The van der Waals surface area contributed by atoms with E-state index in [0.29, 0.717) is 60.0 Å². The number of nitrogens with zero attached hydrogens (tertiary/aromatic N) is 6. The van der Waals surface area contributed by atoms with E-state index in [1.54, 1.807) is 12.3 Å². The molecule has 232 valence electrons. The Morgan fingerprint density at radius 2 is 1.93 bits per heavy atom. The third-order valence-electron chi connectivity index (χ3n) is 8.71. The van der Waals surface area contributed by atoms with Gasteiger partial charge in [0.15, 0.2) is 11.6 Å². The summed E-state index contributed by atoms with van der Waals surface area (Å²) in [5.74, 6) is 0.877. The van der Waals surface area contributed by atoms with Crippen LogP contribution in [0.2, 0.25) is 0 Å². The van der Waals surface area contributed by atoms with E-state index in [9.17, 15) is 19.6 Å². The largest absolute Gasteiger partial charge is 0.484 e. The van der Waals surface area contributed by atoms with Crippen molar-refractivity contribution in [1.82, 2.24) is 24.4 Å². The summed E-state index contributed by atoms with van der Waals surface area (Å²) < 4.78 is 34.5. The van der Waals surface area contributed by atoms with Crippen LogP contribution in [0.4, 0.5) is 4.39 Å². The van der Waals surface area contributed by atoms with Gasteiger partial charge in [0.05, 0.1) is 35.8 Å². The first-order chi connectivity index (χ1) is 21.9. The molecule has 2 saturated heterocycles. The van der Waals surface area contributed by atoms with Gasteiger partial charge in [-0.25, -0.2) is 19.2 Å². The number of halogens is 1. The SMILES string of the molecule is N#Cc1cc(C2CC2)ccc1OCc1nccc(OC2CCN(Cc3nc4c(F)cc(C(=O)O)cc4n3C[C@@H]3CCO3)CC2)n1. The molecule has 1 aliphatic carbocycles. The predicted octanol–water partition coefficient (Wildman–Crippen LogP) is 4.82. The van der Waals surface area contributed by atoms with Crippen molar-refractivity contribution in [1.29, 1.82) is 5.26 Å². The van der Waals surface area contributed by atoms with Crippen molar-refractivity contribution < 1.29 is 28.5 Å². The van der Waals surface area contributed by atoms with Gasteiger partial charge in [-0.2, -0.15) is 10.2 Å². The minimum atomic E-state index is -1.18. The molecule has 1 saturated carbocycles. The van der Waals surface area contributed by atoms with Crippen molar-refractivity contribution in [3.63, 3.8) is 0 Å². The second-order valence-electron chi connectivity index (χ2n) is 11.9. The zero-order chi connectivity index (χ0) is 30.9. The molecule has 2 aromatic carbocycles. The summed E-state index contributed by atoms with van der Waals surface area (Å²) in [5.41, 5.74) is 2.24. The molecular formula is C33H33FN6O5. The van der Waals surface area contributed by atoms with Crippen LogP contribution < -0.4 is 9.47 Å². The molecule has 1 atom stereocenters. The van der Waals surface area contributed by atoms with Crippen LogP contribution in [-0.2, 0) is 24.4 Å². The molecule has 45 heavy (non-hydrogen) atoms.